The number of β-amino-alcohol motifs (C(OH)–C–C–N with tert-alkyl or cyclic N) is 1. The first-order valence-corrected chi connectivity index (χ1v) is 13.9. The zero-order valence-electron chi connectivity index (χ0n) is 22.8. The Morgan fingerprint density at radius 3 is 2.39 bits per heavy atom. The molecule has 0 radical (unpaired) electrons. The summed E-state index contributed by atoms with van der Waals surface area (Å²) in [6.07, 6.45) is -5.15. The van der Waals surface area contributed by atoms with Gasteiger partial charge in [0.1, 0.15) is 6.23 Å². The molecule has 4 aromatic rings. The Morgan fingerprint density at radius 1 is 0.951 bits per heavy atom. The van der Waals surface area contributed by atoms with E-state index < -0.39 is 24.1 Å². The van der Waals surface area contributed by atoms with Gasteiger partial charge in [-0.05, 0) is 31.2 Å². The standard InChI is InChI=1S/C29H33F3N6O3/c1-19(39)37-11-10-25-24(18-37)27(20-6-8-21(9-7-20)29(30,31)32)33-38(25)17-22(40)16-35-12-14-36(15-13-35)28-23-4-2-3-5-26(23)41-34-28/h2-9,19,22,39-40H,10-18H2,1H3. The molecule has 2 aromatic carbocycles. The predicted molar refractivity (Wildman–Crippen MR) is 147 cm³/mol. The third kappa shape index (κ3) is 5.69. The third-order valence-electron chi connectivity index (χ3n) is 8.06. The first-order valence-electron chi connectivity index (χ1n) is 13.9. The van der Waals surface area contributed by atoms with E-state index in [1.807, 2.05) is 29.2 Å². The van der Waals surface area contributed by atoms with E-state index in [-0.39, 0.29) is 6.54 Å². The second-order valence-corrected chi connectivity index (χ2v) is 10.8. The van der Waals surface area contributed by atoms with Gasteiger partial charge in [-0.2, -0.15) is 18.3 Å². The molecule has 41 heavy (non-hydrogen) atoms. The van der Waals surface area contributed by atoms with Crippen LogP contribution in [0.5, 0.6) is 0 Å². The number of hydrogen-bond donors (Lipinski definition) is 2. The molecule has 0 amide bonds. The van der Waals surface area contributed by atoms with Gasteiger partial charge in [0, 0.05) is 69.1 Å². The number of aromatic nitrogens is 3. The van der Waals surface area contributed by atoms with E-state index in [0.717, 1.165) is 66.4 Å². The Kier molecular flexibility index (Phi) is 7.49. The van der Waals surface area contributed by atoms with Gasteiger partial charge in [-0.1, -0.05) is 29.4 Å². The van der Waals surface area contributed by atoms with Gasteiger partial charge in [0.15, 0.2) is 11.4 Å². The Hall–Kier alpha value is -3.45. The summed E-state index contributed by atoms with van der Waals surface area (Å²) in [5.74, 6) is 0.839. The minimum Gasteiger partial charge on any atom is -0.390 e. The van der Waals surface area contributed by atoms with Crippen LogP contribution in [0.2, 0.25) is 0 Å². The summed E-state index contributed by atoms with van der Waals surface area (Å²) in [5.41, 5.74) is 3.02. The average Bonchev–Trinajstić information content (AvgIpc) is 3.54. The van der Waals surface area contributed by atoms with Crippen molar-refractivity contribution in [3.05, 3.63) is 65.4 Å². The summed E-state index contributed by atoms with van der Waals surface area (Å²) in [5, 5.41) is 31.3. The number of fused-ring (bicyclic) bond motifs is 2. The zero-order valence-corrected chi connectivity index (χ0v) is 22.8. The smallest absolute Gasteiger partial charge is 0.390 e. The summed E-state index contributed by atoms with van der Waals surface area (Å²) in [4.78, 5) is 6.31. The van der Waals surface area contributed by atoms with Crippen LogP contribution in [0.15, 0.2) is 53.1 Å². The highest BCUT2D eigenvalue weighted by molar-refractivity contribution is 5.88. The Labute approximate surface area is 235 Å². The molecule has 0 spiro atoms. The van der Waals surface area contributed by atoms with Crippen LogP contribution in [0, 0.1) is 0 Å². The first kappa shape index (κ1) is 27.7. The Balaban J connectivity index is 1.15. The lowest BCUT2D eigenvalue weighted by atomic mass is 10.00. The summed E-state index contributed by atoms with van der Waals surface area (Å²) in [6, 6.07) is 12.8. The number of alkyl halides is 3. The molecular weight excluding hydrogens is 537 g/mol. The van der Waals surface area contributed by atoms with Crippen molar-refractivity contribution in [3.8, 4) is 11.3 Å². The topological polar surface area (TPSA) is 94.0 Å². The van der Waals surface area contributed by atoms with E-state index >= 15 is 0 Å². The predicted octanol–water partition coefficient (Wildman–Crippen LogP) is 3.59. The molecule has 0 bridgehead atoms. The van der Waals surface area contributed by atoms with Crippen molar-refractivity contribution in [1.29, 1.82) is 0 Å². The molecule has 2 unspecified atom stereocenters. The van der Waals surface area contributed by atoms with Crippen LogP contribution in [0.1, 0.15) is 23.7 Å². The van der Waals surface area contributed by atoms with Crippen molar-refractivity contribution in [2.75, 3.05) is 44.2 Å². The number of para-hydroxylation sites is 1. The van der Waals surface area contributed by atoms with Crippen LogP contribution in [0.3, 0.4) is 0 Å². The van der Waals surface area contributed by atoms with Crippen molar-refractivity contribution in [2.45, 2.75) is 44.9 Å². The molecular formula is C29H33F3N6O3. The van der Waals surface area contributed by atoms with E-state index in [1.54, 1.807) is 11.6 Å². The average molecular weight is 571 g/mol. The monoisotopic (exact) mass is 570 g/mol. The van der Waals surface area contributed by atoms with Crippen LogP contribution >= 0.6 is 0 Å². The number of aliphatic hydroxyl groups is 2. The number of piperazine rings is 1. The highest BCUT2D eigenvalue weighted by Crippen LogP contribution is 2.34. The van der Waals surface area contributed by atoms with Gasteiger partial charge in [0.2, 0.25) is 0 Å². The largest absolute Gasteiger partial charge is 0.416 e. The molecule has 2 N–H and O–H groups in total. The lowest BCUT2D eigenvalue weighted by molar-refractivity contribution is -0.137. The number of hydrogen-bond acceptors (Lipinski definition) is 8. The summed E-state index contributed by atoms with van der Waals surface area (Å²) >= 11 is 0. The molecule has 2 atom stereocenters. The number of nitrogens with zero attached hydrogens (tertiary/aromatic N) is 6. The van der Waals surface area contributed by atoms with E-state index in [1.165, 1.54) is 12.1 Å². The van der Waals surface area contributed by atoms with Crippen LogP contribution in [0.25, 0.3) is 22.2 Å². The molecule has 1 fully saturated rings. The number of benzene rings is 2. The number of rotatable bonds is 7. The van der Waals surface area contributed by atoms with Gasteiger partial charge in [-0.25, -0.2) is 0 Å². The van der Waals surface area contributed by atoms with Gasteiger partial charge in [0.05, 0.1) is 29.3 Å². The van der Waals surface area contributed by atoms with E-state index in [9.17, 15) is 23.4 Å². The van der Waals surface area contributed by atoms with E-state index in [0.29, 0.717) is 37.3 Å². The number of anilines is 1. The fraction of sp³-hybridized carbons (Fsp3) is 0.448. The molecule has 2 aliphatic heterocycles. The number of aliphatic hydroxyl groups excluding tert-OH is 2. The number of halogens is 3. The molecule has 218 valence electrons. The maximum atomic E-state index is 13.1. The second kappa shape index (κ2) is 11.1. The normalized spacial score (nSPS) is 18.5. The van der Waals surface area contributed by atoms with Crippen LogP contribution in [-0.4, -0.2) is 86.6 Å². The quantitative estimate of drug-likeness (QED) is 0.348. The van der Waals surface area contributed by atoms with Gasteiger partial charge in [-0.3, -0.25) is 14.5 Å². The molecule has 9 nitrogen and oxygen atoms in total. The Morgan fingerprint density at radius 2 is 1.68 bits per heavy atom. The third-order valence-corrected chi connectivity index (χ3v) is 8.06. The van der Waals surface area contributed by atoms with Crippen LogP contribution in [0.4, 0.5) is 19.0 Å². The molecule has 2 aromatic heterocycles. The van der Waals surface area contributed by atoms with Crippen LogP contribution in [-0.2, 0) is 25.7 Å². The molecule has 6 rings (SSSR count). The SMILES string of the molecule is CC(O)N1CCc2c(c(-c3ccc(C(F)(F)F)cc3)nn2CC(O)CN2CCN(c3noc4ccccc34)CC2)C1. The highest BCUT2D eigenvalue weighted by Gasteiger charge is 2.32. The van der Waals surface area contributed by atoms with Gasteiger partial charge in [0.25, 0.3) is 0 Å². The Bertz CT molecular complexity index is 1490. The highest BCUT2D eigenvalue weighted by atomic mass is 19.4. The lowest BCUT2D eigenvalue weighted by Gasteiger charge is -2.35. The van der Waals surface area contributed by atoms with Crippen molar-refractivity contribution >= 4 is 16.8 Å². The second-order valence-electron chi connectivity index (χ2n) is 10.8. The van der Waals surface area contributed by atoms with Crippen molar-refractivity contribution < 1.29 is 27.9 Å². The van der Waals surface area contributed by atoms with Crippen molar-refractivity contribution in [2.24, 2.45) is 0 Å². The minimum atomic E-state index is -4.42. The van der Waals surface area contributed by atoms with Gasteiger partial charge < -0.3 is 19.6 Å². The maximum absolute atomic E-state index is 13.1. The van der Waals surface area contributed by atoms with E-state index in [4.69, 9.17) is 9.62 Å². The zero-order chi connectivity index (χ0) is 28.7. The van der Waals surface area contributed by atoms with Crippen molar-refractivity contribution in [1.82, 2.24) is 24.7 Å². The fourth-order valence-electron chi connectivity index (χ4n) is 5.83. The molecule has 4 heterocycles. The van der Waals surface area contributed by atoms with E-state index in [2.05, 4.69) is 15.0 Å². The molecule has 1 saturated heterocycles. The van der Waals surface area contributed by atoms with Gasteiger partial charge in [-0.15, -0.1) is 0 Å². The lowest BCUT2D eigenvalue weighted by Crippen LogP contribution is -2.49. The summed E-state index contributed by atoms with van der Waals surface area (Å²) < 4.78 is 46.7. The molecule has 12 heteroatoms. The minimum absolute atomic E-state index is 0.270. The molecule has 0 aliphatic carbocycles. The van der Waals surface area contributed by atoms with Crippen LogP contribution < -0.4 is 4.90 Å². The first-order chi connectivity index (χ1) is 19.7. The molecule has 2 aliphatic rings. The summed E-state index contributed by atoms with van der Waals surface area (Å²) in [6.45, 7) is 6.52. The molecule has 0 saturated carbocycles. The maximum Gasteiger partial charge on any atom is 0.416 e. The fourth-order valence-corrected chi connectivity index (χ4v) is 5.83. The van der Waals surface area contributed by atoms with Crippen molar-refractivity contribution in [3.63, 3.8) is 0 Å². The summed E-state index contributed by atoms with van der Waals surface area (Å²) in [7, 11) is 0. The van der Waals surface area contributed by atoms with Gasteiger partial charge >= 0.3 is 6.18 Å².